The van der Waals surface area contributed by atoms with Crippen molar-refractivity contribution < 1.29 is 4.92 Å². The van der Waals surface area contributed by atoms with Crippen LogP contribution in [0.1, 0.15) is 12.5 Å². The first-order chi connectivity index (χ1) is 10.1. The Morgan fingerprint density at radius 3 is 2.43 bits per heavy atom. The Hall–Kier alpha value is -1.18. The number of nitro benzene ring substituents is 1. The molecule has 0 atom stereocenters. The molecule has 0 aliphatic carbocycles. The van der Waals surface area contributed by atoms with E-state index >= 15 is 0 Å². The van der Waals surface area contributed by atoms with E-state index in [9.17, 15) is 10.1 Å². The fourth-order valence-corrected chi connectivity index (χ4v) is 3.40. The molecule has 1 fully saturated rings. The fraction of sp³-hybridized carbons (Fsp3) is 0.500. The van der Waals surface area contributed by atoms with E-state index in [1.807, 2.05) is 0 Å². The number of nitrogens with zero attached hydrogens (tertiary/aromatic N) is 3. The molecular formula is C14H19N3O2S2. The maximum atomic E-state index is 10.6. The van der Waals surface area contributed by atoms with Gasteiger partial charge >= 0.3 is 0 Å². The number of non-ortho nitro benzene ring substituents is 1. The lowest BCUT2D eigenvalue weighted by atomic mass is 10.2. The summed E-state index contributed by atoms with van der Waals surface area (Å²) in [5.74, 6) is 0.755. The van der Waals surface area contributed by atoms with Crippen LogP contribution in [0.5, 0.6) is 0 Å². The predicted octanol–water partition coefficient (Wildman–Crippen LogP) is 2.75. The third-order valence-electron chi connectivity index (χ3n) is 3.59. The molecule has 0 radical (unpaired) electrons. The summed E-state index contributed by atoms with van der Waals surface area (Å²) in [4.78, 5) is 14.9. The second-order valence-corrected chi connectivity index (χ2v) is 6.51. The molecule has 7 heteroatoms. The van der Waals surface area contributed by atoms with E-state index in [2.05, 4.69) is 16.7 Å². The van der Waals surface area contributed by atoms with Crippen LogP contribution in [-0.2, 0) is 5.75 Å². The highest BCUT2D eigenvalue weighted by atomic mass is 32.2. The molecule has 0 N–H and O–H groups in total. The highest BCUT2D eigenvalue weighted by Crippen LogP contribution is 2.20. The summed E-state index contributed by atoms with van der Waals surface area (Å²) < 4.78 is 0.920. The molecule has 0 spiro atoms. The Morgan fingerprint density at radius 2 is 1.90 bits per heavy atom. The summed E-state index contributed by atoms with van der Waals surface area (Å²) in [7, 11) is 0. The standard InChI is InChI=1S/C14H19N3O2S2/c1-2-15-7-9-16(10-8-15)14(20)21-11-12-3-5-13(6-4-12)17(18)19/h3-6H,2,7-11H2,1H3. The maximum absolute atomic E-state index is 10.6. The van der Waals surface area contributed by atoms with E-state index in [0.717, 1.165) is 48.4 Å². The second kappa shape index (κ2) is 7.72. The Kier molecular flexibility index (Phi) is 5.96. The summed E-state index contributed by atoms with van der Waals surface area (Å²) in [6.45, 7) is 7.37. The Bertz CT molecular complexity index is 499. The van der Waals surface area contributed by atoms with Crippen molar-refractivity contribution in [1.29, 1.82) is 0 Å². The zero-order chi connectivity index (χ0) is 15.2. The molecule has 1 saturated heterocycles. The number of rotatable bonds is 4. The van der Waals surface area contributed by atoms with Gasteiger partial charge in [-0.15, -0.1) is 0 Å². The van der Waals surface area contributed by atoms with Gasteiger partial charge in [-0.05, 0) is 12.1 Å². The zero-order valence-corrected chi connectivity index (χ0v) is 13.7. The Balaban J connectivity index is 1.80. The van der Waals surface area contributed by atoms with Crippen molar-refractivity contribution >= 4 is 34.0 Å². The van der Waals surface area contributed by atoms with Gasteiger partial charge < -0.3 is 9.80 Å². The number of nitro groups is 1. The maximum Gasteiger partial charge on any atom is 0.269 e. The summed E-state index contributed by atoms with van der Waals surface area (Å²) in [5.41, 5.74) is 1.18. The smallest absolute Gasteiger partial charge is 0.269 e. The predicted molar refractivity (Wildman–Crippen MR) is 90.7 cm³/mol. The lowest BCUT2D eigenvalue weighted by Gasteiger charge is -2.35. The molecule has 1 aliphatic heterocycles. The van der Waals surface area contributed by atoms with Crippen molar-refractivity contribution in [2.24, 2.45) is 0 Å². The van der Waals surface area contributed by atoms with Crippen molar-refractivity contribution in [3.8, 4) is 0 Å². The molecule has 1 aromatic rings. The summed E-state index contributed by atoms with van der Waals surface area (Å²) in [6, 6.07) is 6.67. The van der Waals surface area contributed by atoms with Crippen molar-refractivity contribution in [3.63, 3.8) is 0 Å². The Labute approximate surface area is 134 Å². The topological polar surface area (TPSA) is 49.6 Å². The molecule has 5 nitrogen and oxygen atoms in total. The van der Waals surface area contributed by atoms with E-state index < -0.39 is 0 Å². The van der Waals surface area contributed by atoms with Crippen LogP contribution in [0.2, 0.25) is 0 Å². The van der Waals surface area contributed by atoms with Gasteiger partial charge in [0.2, 0.25) is 0 Å². The lowest BCUT2D eigenvalue weighted by molar-refractivity contribution is -0.384. The number of benzene rings is 1. The van der Waals surface area contributed by atoms with E-state index in [0.29, 0.717) is 0 Å². The fourth-order valence-electron chi connectivity index (χ4n) is 2.20. The summed E-state index contributed by atoms with van der Waals surface area (Å²) in [5, 5.41) is 10.6. The van der Waals surface area contributed by atoms with Gasteiger partial charge in [0.1, 0.15) is 4.32 Å². The van der Waals surface area contributed by atoms with Crippen LogP contribution in [0.25, 0.3) is 0 Å². The van der Waals surface area contributed by atoms with Crippen molar-refractivity contribution in [2.45, 2.75) is 12.7 Å². The van der Waals surface area contributed by atoms with Gasteiger partial charge in [-0.25, -0.2) is 0 Å². The van der Waals surface area contributed by atoms with Crippen molar-refractivity contribution in [3.05, 3.63) is 39.9 Å². The number of hydrogen-bond donors (Lipinski definition) is 0. The molecule has 0 amide bonds. The van der Waals surface area contributed by atoms with E-state index in [1.165, 1.54) is 0 Å². The van der Waals surface area contributed by atoms with Crippen molar-refractivity contribution in [2.75, 3.05) is 32.7 Å². The third-order valence-corrected chi connectivity index (χ3v) is 5.18. The first-order valence-electron chi connectivity index (χ1n) is 6.97. The van der Waals surface area contributed by atoms with E-state index in [-0.39, 0.29) is 10.6 Å². The van der Waals surface area contributed by atoms with Crippen LogP contribution in [0.15, 0.2) is 24.3 Å². The second-order valence-electron chi connectivity index (χ2n) is 4.90. The molecule has 0 aromatic heterocycles. The number of piperazine rings is 1. The minimum Gasteiger partial charge on any atom is -0.355 e. The van der Waals surface area contributed by atoms with Crippen molar-refractivity contribution in [1.82, 2.24) is 9.80 Å². The number of hydrogen-bond acceptors (Lipinski definition) is 5. The van der Waals surface area contributed by atoms with Crippen LogP contribution in [0.4, 0.5) is 5.69 Å². The minimum atomic E-state index is -0.380. The van der Waals surface area contributed by atoms with Gasteiger partial charge in [0.05, 0.1) is 4.92 Å². The third kappa shape index (κ3) is 4.66. The minimum absolute atomic E-state index is 0.127. The Morgan fingerprint density at radius 1 is 1.29 bits per heavy atom. The van der Waals surface area contributed by atoms with Crippen LogP contribution in [0, 0.1) is 10.1 Å². The number of thiocarbonyl (C=S) groups is 1. The molecule has 2 rings (SSSR count). The van der Waals surface area contributed by atoms with Gasteiger partial charge in [-0.2, -0.15) is 0 Å². The molecule has 1 aliphatic rings. The number of likely N-dealkylation sites (N-methyl/N-ethyl adjacent to an activating group) is 1. The van der Waals surface area contributed by atoms with Crippen LogP contribution >= 0.6 is 24.0 Å². The van der Waals surface area contributed by atoms with Gasteiger partial charge in [0.25, 0.3) is 5.69 Å². The largest absolute Gasteiger partial charge is 0.355 e. The summed E-state index contributed by atoms with van der Waals surface area (Å²) in [6.07, 6.45) is 0. The lowest BCUT2D eigenvalue weighted by Crippen LogP contribution is -2.47. The van der Waals surface area contributed by atoms with Gasteiger partial charge in [-0.1, -0.05) is 43.0 Å². The molecule has 1 aromatic carbocycles. The molecule has 114 valence electrons. The monoisotopic (exact) mass is 325 g/mol. The molecule has 0 saturated carbocycles. The van der Waals surface area contributed by atoms with Crippen LogP contribution in [-0.4, -0.2) is 51.8 Å². The summed E-state index contributed by atoms with van der Waals surface area (Å²) >= 11 is 7.11. The first-order valence-corrected chi connectivity index (χ1v) is 8.37. The SMILES string of the molecule is CCN1CCN(C(=S)SCc2ccc([N+](=O)[O-])cc2)CC1. The number of thioether (sulfide) groups is 1. The average Bonchev–Trinajstić information content (AvgIpc) is 2.53. The van der Waals surface area contributed by atoms with Gasteiger partial charge in [-0.3, -0.25) is 10.1 Å². The van der Waals surface area contributed by atoms with Crippen LogP contribution in [0.3, 0.4) is 0 Å². The van der Waals surface area contributed by atoms with E-state index in [1.54, 1.807) is 36.0 Å². The van der Waals surface area contributed by atoms with Crippen LogP contribution < -0.4 is 0 Å². The zero-order valence-electron chi connectivity index (χ0n) is 12.0. The van der Waals surface area contributed by atoms with Gasteiger partial charge in [0.15, 0.2) is 0 Å². The molecule has 21 heavy (non-hydrogen) atoms. The quantitative estimate of drug-likeness (QED) is 0.482. The van der Waals surface area contributed by atoms with E-state index in [4.69, 9.17) is 12.2 Å². The molecular weight excluding hydrogens is 306 g/mol. The van der Waals surface area contributed by atoms with Gasteiger partial charge in [0, 0.05) is 44.1 Å². The first kappa shape index (κ1) is 16.2. The molecule has 0 bridgehead atoms. The average molecular weight is 325 g/mol. The molecule has 1 heterocycles. The normalized spacial score (nSPS) is 16.0. The highest BCUT2D eigenvalue weighted by Gasteiger charge is 2.17. The molecule has 0 unspecified atom stereocenters. The highest BCUT2D eigenvalue weighted by molar-refractivity contribution is 8.22.